The summed E-state index contributed by atoms with van der Waals surface area (Å²) in [7, 11) is 0. The van der Waals surface area contributed by atoms with E-state index >= 15 is 0 Å². The first kappa shape index (κ1) is 31.6. The topological polar surface area (TPSA) is 118 Å². The molecule has 0 amide bonds. The van der Waals surface area contributed by atoms with E-state index in [0.29, 0.717) is 6.61 Å². The van der Waals surface area contributed by atoms with Gasteiger partial charge in [-0.25, -0.2) is 4.99 Å². The van der Waals surface area contributed by atoms with Crippen molar-refractivity contribution in [3.63, 3.8) is 0 Å². The van der Waals surface area contributed by atoms with E-state index in [0.717, 1.165) is 24.8 Å². The van der Waals surface area contributed by atoms with Crippen LogP contribution in [-0.4, -0.2) is 70.4 Å². The molecule has 0 aliphatic carbocycles. The number of Topliss-reactive ketones (excluding diaryl/α,β-unsaturated/α-hetero) is 1. The molecule has 6 atom stereocenters. The third kappa shape index (κ3) is 10.2. The van der Waals surface area contributed by atoms with Crippen molar-refractivity contribution >= 4 is 12.0 Å². The first-order valence-electron chi connectivity index (χ1n) is 14.7. The van der Waals surface area contributed by atoms with Gasteiger partial charge in [-0.1, -0.05) is 95.0 Å². The highest BCUT2D eigenvalue weighted by atomic mass is 16.7. The molecule has 8 nitrogen and oxygen atoms in total. The van der Waals surface area contributed by atoms with Gasteiger partial charge >= 0.3 is 0 Å². The Labute approximate surface area is 233 Å². The van der Waals surface area contributed by atoms with E-state index in [-0.39, 0.29) is 24.7 Å². The van der Waals surface area contributed by atoms with Crippen LogP contribution in [0.2, 0.25) is 0 Å². The predicted molar refractivity (Wildman–Crippen MR) is 150 cm³/mol. The average Bonchev–Trinajstić information content (AvgIpc) is 3.42. The van der Waals surface area contributed by atoms with Gasteiger partial charge in [0, 0.05) is 19.1 Å². The Morgan fingerprint density at radius 3 is 2.41 bits per heavy atom. The second-order valence-electron chi connectivity index (χ2n) is 10.7. The van der Waals surface area contributed by atoms with Crippen LogP contribution in [0, 0.1) is 0 Å². The lowest BCUT2D eigenvalue weighted by atomic mass is 9.98. The highest BCUT2D eigenvalue weighted by molar-refractivity contribution is 5.94. The molecule has 3 N–H and O–H groups in total. The number of rotatable bonds is 19. The second kappa shape index (κ2) is 17.0. The van der Waals surface area contributed by atoms with Crippen LogP contribution in [0.3, 0.4) is 0 Å². The summed E-state index contributed by atoms with van der Waals surface area (Å²) in [5.74, 6) is -0.258. The van der Waals surface area contributed by atoms with Crippen LogP contribution in [-0.2, 0) is 25.6 Å². The first-order chi connectivity index (χ1) is 19.0. The van der Waals surface area contributed by atoms with Gasteiger partial charge in [-0.3, -0.25) is 4.79 Å². The molecular weight excluding hydrogens is 498 g/mol. The Hall–Kier alpha value is -1.94. The van der Waals surface area contributed by atoms with Gasteiger partial charge in [0.05, 0.1) is 25.4 Å². The molecule has 0 radical (unpaired) electrons. The van der Waals surface area contributed by atoms with E-state index in [1.807, 2.05) is 30.3 Å². The molecule has 2 aliphatic rings. The summed E-state index contributed by atoms with van der Waals surface area (Å²) >= 11 is 0. The minimum Gasteiger partial charge on any atom is -0.394 e. The Morgan fingerprint density at radius 2 is 1.77 bits per heavy atom. The zero-order valence-corrected chi connectivity index (χ0v) is 23.3. The maximum absolute atomic E-state index is 13.6. The number of carbonyl (C=O) groups excluding carboxylic acids is 1. The molecule has 2 heterocycles. The fourth-order valence-electron chi connectivity index (χ4n) is 5.08. The lowest BCUT2D eigenvalue weighted by molar-refractivity contribution is -0.276. The fourth-order valence-corrected chi connectivity index (χ4v) is 5.08. The van der Waals surface area contributed by atoms with Gasteiger partial charge in [-0.15, -0.1) is 0 Å². The molecule has 39 heavy (non-hydrogen) atoms. The standard InChI is InChI=1S/C31H47NO7/c1-2-3-4-5-6-7-8-9-13-17-25(37-23-24-15-11-10-12-16-24)20-28(35)31(18-14-19-32-31)39-29-21-26(34)30(36)27(22-33)38-29/h10-12,14-16,18-19,25-27,29-30,33-34,36H,2-9,13,17,20-23H2,1H3/t25?,26-,27-,29-,30+,31?/m1/s1. The number of aliphatic hydroxyl groups excluding tert-OH is 3. The van der Waals surface area contributed by atoms with Crippen molar-refractivity contribution in [3.8, 4) is 0 Å². The molecule has 218 valence electrons. The number of hydrogen-bond acceptors (Lipinski definition) is 8. The third-order valence-electron chi connectivity index (χ3n) is 7.47. The molecular formula is C31H47NO7. The fraction of sp³-hybridized carbons (Fsp3) is 0.677. The SMILES string of the molecule is CCCCCCCCCCCC(CC(=O)C1(O[C@@H]2C[C@@H](O)[C@H](O)[C@@H](CO)O2)C=CC=N1)OCc1ccccc1. The molecule has 2 aliphatic heterocycles. The van der Waals surface area contributed by atoms with E-state index < -0.39 is 36.9 Å². The van der Waals surface area contributed by atoms with Gasteiger partial charge in [0.2, 0.25) is 5.72 Å². The number of aliphatic hydroxyl groups is 3. The maximum Gasteiger partial charge on any atom is 0.240 e. The van der Waals surface area contributed by atoms with Crippen LogP contribution in [0.1, 0.15) is 89.5 Å². The first-order valence-corrected chi connectivity index (χ1v) is 14.7. The molecule has 2 unspecified atom stereocenters. The quantitative estimate of drug-likeness (QED) is 0.217. The normalized spacial score (nSPS) is 27.2. The number of unbranched alkanes of at least 4 members (excludes halogenated alkanes) is 8. The lowest BCUT2D eigenvalue weighted by Crippen LogP contribution is -2.53. The Balaban J connectivity index is 1.57. The minimum atomic E-state index is -1.58. The Bertz CT molecular complexity index is 878. The zero-order chi connectivity index (χ0) is 27.9. The smallest absolute Gasteiger partial charge is 0.240 e. The molecule has 0 aromatic heterocycles. The van der Waals surface area contributed by atoms with Gasteiger partial charge in [-0.2, -0.15) is 0 Å². The van der Waals surface area contributed by atoms with Crippen molar-refractivity contribution < 1.29 is 34.3 Å². The van der Waals surface area contributed by atoms with Crippen LogP contribution in [0.15, 0.2) is 47.5 Å². The van der Waals surface area contributed by atoms with Crippen molar-refractivity contribution in [1.29, 1.82) is 0 Å². The minimum absolute atomic E-state index is 0.0392. The Kier molecular flexibility index (Phi) is 13.8. The molecule has 3 rings (SSSR count). The third-order valence-corrected chi connectivity index (χ3v) is 7.47. The van der Waals surface area contributed by atoms with E-state index in [1.54, 1.807) is 12.2 Å². The van der Waals surface area contributed by atoms with Crippen molar-refractivity contribution in [1.82, 2.24) is 0 Å². The van der Waals surface area contributed by atoms with Crippen LogP contribution in [0.25, 0.3) is 0 Å². The largest absolute Gasteiger partial charge is 0.394 e. The van der Waals surface area contributed by atoms with Crippen LogP contribution < -0.4 is 0 Å². The highest BCUT2D eigenvalue weighted by Crippen LogP contribution is 2.31. The van der Waals surface area contributed by atoms with E-state index in [2.05, 4.69) is 11.9 Å². The number of ketones is 1. The maximum atomic E-state index is 13.6. The molecule has 1 aromatic carbocycles. The number of benzene rings is 1. The summed E-state index contributed by atoms with van der Waals surface area (Å²) in [6.07, 6.45) is 11.9. The van der Waals surface area contributed by atoms with Gasteiger partial charge in [0.15, 0.2) is 12.1 Å². The molecule has 0 bridgehead atoms. The van der Waals surface area contributed by atoms with E-state index in [1.165, 1.54) is 51.2 Å². The van der Waals surface area contributed by atoms with Crippen LogP contribution in [0.4, 0.5) is 0 Å². The number of hydrogen-bond donors (Lipinski definition) is 3. The van der Waals surface area contributed by atoms with Crippen molar-refractivity contribution in [2.24, 2.45) is 4.99 Å². The molecule has 0 spiro atoms. The number of ether oxygens (including phenoxy) is 3. The number of allylic oxidation sites excluding steroid dienone is 1. The molecule has 1 saturated heterocycles. The van der Waals surface area contributed by atoms with Gasteiger partial charge in [0.25, 0.3) is 0 Å². The molecule has 1 aromatic rings. The molecule has 1 fully saturated rings. The predicted octanol–water partition coefficient (Wildman–Crippen LogP) is 4.63. The zero-order valence-electron chi connectivity index (χ0n) is 23.3. The monoisotopic (exact) mass is 545 g/mol. The summed E-state index contributed by atoms with van der Waals surface area (Å²) in [4.78, 5) is 18.0. The van der Waals surface area contributed by atoms with Crippen molar-refractivity contribution in [2.75, 3.05) is 6.61 Å². The van der Waals surface area contributed by atoms with E-state index in [4.69, 9.17) is 14.2 Å². The van der Waals surface area contributed by atoms with Gasteiger partial charge in [0.1, 0.15) is 12.2 Å². The lowest BCUT2D eigenvalue weighted by Gasteiger charge is -2.39. The molecule has 0 saturated carbocycles. The van der Waals surface area contributed by atoms with Crippen molar-refractivity contribution in [2.45, 2.75) is 127 Å². The van der Waals surface area contributed by atoms with Crippen molar-refractivity contribution in [3.05, 3.63) is 48.0 Å². The summed E-state index contributed by atoms with van der Waals surface area (Å²) < 4.78 is 17.9. The summed E-state index contributed by atoms with van der Waals surface area (Å²) in [5, 5.41) is 29.7. The summed E-state index contributed by atoms with van der Waals surface area (Å²) in [6.45, 7) is 2.17. The van der Waals surface area contributed by atoms with E-state index in [9.17, 15) is 20.1 Å². The van der Waals surface area contributed by atoms with Crippen LogP contribution in [0.5, 0.6) is 0 Å². The van der Waals surface area contributed by atoms with Gasteiger partial charge in [-0.05, 0) is 24.1 Å². The average molecular weight is 546 g/mol. The second-order valence-corrected chi connectivity index (χ2v) is 10.7. The number of carbonyl (C=O) groups is 1. The summed E-state index contributed by atoms with van der Waals surface area (Å²) in [6, 6.07) is 9.90. The highest BCUT2D eigenvalue weighted by Gasteiger charge is 2.45. The Morgan fingerprint density at radius 1 is 1.08 bits per heavy atom. The van der Waals surface area contributed by atoms with Crippen LogP contribution >= 0.6 is 0 Å². The summed E-state index contributed by atoms with van der Waals surface area (Å²) in [5.41, 5.74) is -0.538. The van der Waals surface area contributed by atoms with Gasteiger partial charge < -0.3 is 29.5 Å². The number of nitrogens with zero attached hydrogens (tertiary/aromatic N) is 1. The number of aliphatic imine (C=N–C) groups is 1. The molecule has 8 heteroatoms.